The van der Waals surface area contributed by atoms with E-state index in [-0.39, 0.29) is 0 Å². The molecule has 0 radical (unpaired) electrons. The average Bonchev–Trinajstić information content (AvgIpc) is 2.51. The summed E-state index contributed by atoms with van der Waals surface area (Å²) in [5, 5.41) is 0. The summed E-state index contributed by atoms with van der Waals surface area (Å²) in [4.78, 5) is 19.4. The lowest BCUT2D eigenvalue weighted by Gasteiger charge is -2.32. The standard InChI is InChI=1S/C15H20N6/c16-15-14(19-5-6-20-15)8-12-2-1-7-21(10-12)11-13-9-17-3-4-18-13/h3-6,9,12H,1-2,7-8,10-11H2,(H2,16,20). The average molecular weight is 284 g/mol. The van der Waals surface area contributed by atoms with Crippen molar-refractivity contribution in [2.45, 2.75) is 25.8 Å². The molecule has 0 amide bonds. The van der Waals surface area contributed by atoms with E-state index in [9.17, 15) is 0 Å². The first-order valence-electron chi connectivity index (χ1n) is 7.34. The fourth-order valence-corrected chi connectivity index (χ4v) is 2.91. The second-order valence-electron chi connectivity index (χ2n) is 5.53. The lowest BCUT2D eigenvalue weighted by Crippen LogP contribution is -2.36. The Morgan fingerprint density at radius 2 is 2.00 bits per heavy atom. The normalized spacial score (nSPS) is 19.5. The van der Waals surface area contributed by atoms with E-state index in [4.69, 9.17) is 5.73 Å². The SMILES string of the molecule is Nc1nccnc1CC1CCCN(Cc2cnccn2)C1. The summed E-state index contributed by atoms with van der Waals surface area (Å²) < 4.78 is 0. The summed E-state index contributed by atoms with van der Waals surface area (Å²) >= 11 is 0. The third-order valence-electron chi connectivity index (χ3n) is 3.89. The quantitative estimate of drug-likeness (QED) is 0.911. The molecule has 6 heteroatoms. The number of nitrogens with two attached hydrogens (primary N) is 1. The first-order valence-corrected chi connectivity index (χ1v) is 7.34. The molecule has 0 aliphatic carbocycles. The molecule has 6 nitrogen and oxygen atoms in total. The molecule has 1 aliphatic heterocycles. The van der Waals surface area contributed by atoms with Crippen LogP contribution in [0, 0.1) is 5.92 Å². The van der Waals surface area contributed by atoms with Gasteiger partial charge in [-0.25, -0.2) is 4.98 Å². The van der Waals surface area contributed by atoms with Crippen molar-refractivity contribution in [1.82, 2.24) is 24.8 Å². The molecule has 1 aliphatic rings. The van der Waals surface area contributed by atoms with E-state index < -0.39 is 0 Å². The molecular weight excluding hydrogens is 264 g/mol. The van der Waals surface area contributed by atoms with Crippen LogP contribution in [0.2, 0.25) is 0 Å². The fourth-order valence-electron chi connectivity index (χ4n) is 2.91. The molecular formula is C15H20N6. The zero-order valence-electron chi connectivity index (χ0n) is 12.0. The van der Waals surface area contributed by atoms with Gasteiger partial charge in [-0.2, -0.15) is 0 Å². The van der Waals surface area contributed by atoms with E-state index in [1.807, 2.05) is 6.20 Å². The van der Waals surface area contributed by atoms with E-state index in [0.29, 0.717) is 11.7 Å². The van der Waals surface area contributed by atoms with Gasteiger partial charge in [0.1, 0.15) is 5.82 Å². The Morgan fingerprint density at radius 1 is 1.14 bits per heavy atom. The molecule has 21 heavy (non-hydrogen) atoms. The summed E-state index contributed by atoms with van der Waals surface area (Å²) in [5.41, 5.74) is 7.84. The third-order valence-corrected chi connectivity index (χ3v) is 3.89. The number of hydrogen-bond acceptors (Lipinski definition) is 6. The lowest BCUT2D eigenvalue weighted by atomic mass is 9.93. The van der Waals surface area contributed by atoms with Gasteiger partial charge in [0.2, 0.25) is 0 Å². The molecule has 0 saturated carbocycles. The van der Waals surface area contributed by atoms with Gasteiger partial charge in [0.25, 0.3) is 0 Å². The summed E-state index contributed by atoms with van der Waals surface area (Å²) in [5.74, 6) is 1.14. The first-order chi connectivity index (χ1) is 10.3. The lowest BCUT2D eigenvalue weighted by molar-refractivity contribution is 0.164. The predicted molar refractivity (Wildman–Crippen MR) is 80.2 cm³/mol. The summed E-state index contributed by atoms with van der Waals surface area (Å²) in [7, 11) is 0. The van der Waals surface area contributed by atoms with Gasteiger partial charge in [0, 0.05) is 44.1 Å². The number of piperidine rings is 1. The summed E-state index contributed by atoms with van der Waals surface area (Å²) in [6, 6.07) is 0. The van der Waals surface area contributed by atoms with Crippen LogP contribution in [0.1, 0.15) is 24.2 Å². The maximum absolute atomic E-state index is 5.89. The van der Waals surface area contributed by atoms with E-state index in [1.54, 1.807) is 24.8 Å². The highest BCUT2D eigenvalue weighted by molar-refractivity contribution is 5.33. The molecule has 2 aromatic rings. The van der Waals surface area contributed by atoms with Crippen molar-refractivity contribution in [1.29, 1.82) is 0 Å². The topological polar surface area (TPSA) is 80.8 Å². The Morgan fingerprint density at radius 3 is 2.81 bits per heavy atom. The monoisotopic (exact) mass is 284 g/mol. The first kappa shape index (κ1) is 13.9. The maximum Gasteiger partial charge on any atom is 0.145 e. The molecule has 3 rings (SSSR count). The van der Waals surface area contributed by atoms with Gasteiger partial charge in [-0.05, 0) is 31.7 Å². The van der Waals surface area contributed by atoms with Crippen molar-refractivity contribution in [2.24, 2.45) is 5.92 Å². The molecule has 0 bridgehead atoms. The van der Waals surface area contributed by atoms with Crippen LogP contribution in [0.5, 0.6) is 0 Å². The van der Waals surface area contributed by atoms with Crippen LogP contribution in [0.4, 0.5) is 5.82 Å². The van der Waals surface area contributed by atoms with Crippen molar-refractivity contribution in [2.75, 3.05) is 18.8 Å². The maximum atomic E-state index is 5.89. The molecule has 2 aromatic heterocycles. The van der Waals surface area contributed by atoms with Crippen LogP contribution in [0.3, 0.4) is 0 Å². The zero-order valence-corrected chi connectivity index (χ0v) is 12.0. The number of hydrogen-bond donors (Lipinski definition) is 1. The van der Waals surface area contributed by atoms with E-state index in [1.165, 1.54) is 12.8 Å². The highest BCUT2D eigenvalue weighted by Crippen LogP contribution is 2.22. The van der Waals surface area contributed by atoms with Crippen molar-refractivity contribution >= 4 is 5.82 Å². The molecule has 1 saturated heterocycles. The second kappa shape index (κ2) is 6.58. The van der Waals surface area contributed by atoms with Gasteiger partial charge in [0.15, 0.2) is 0 Å². The van der Waals surface area contributed by atoms with Crippen LogP contribution < -0.4 is 5.73 Å². The zero-order chi connectivity index (χ0) is 14.5. The molecule has 1 unspecified atom stereocenters. The van der Waals surface area contributed by atoms with E-state index >= 15 is 0 Å². The number of nitrogens with zero attached hydrogens (tertiary/aromatic N) is 5. The highest BCUT2D eigenvalue weighted by Gasteiger charge is 2.21. The fraction of sp³-hybridized carbons (Fsp3) is 0.467. The molecule has 3 heterocycles. The number of likely N-dealkylation sites (tertiary alicyclic amines) is 1. The van der Waals surface area contributed by atoms with Gasteiger partial charge >= 0.3 is 0 Å². The van der Waals surface area contributed by atoms with Gasteiger partial charge in [0.05, 0.1) is 11.4 Å². The Bertz CT molecular complexity index is 573. The van der Waals surface area contributed by atoms with Gasteiger partial charge in [-0.1, -0.05) is 0 Å². The molecule has 0 spiro atoms. The van der Waals surface area contributed by atoms with E-state index in [2.05, 4.69) is 24.8 Å². The Kier molecular flexibility index (Phi) is 4.35. The molecule has 110 valence electrons. The van der Waals surface area contributed by atoms with Gasteiger partial charge in [-0.3, -0.25) is 19.9 Å². The minimum Gasteiger partial charge on any atom is -0.382 e. The number of aromatic nitrogens is 4. The van der Waals surface area contributed by atoms with Crippen molar-refractivity contribution in [3.05, 3.63) is 42.4 Å². The molecule has 0 aromatic carbocycles. The third kappa shape index (κ3) is 3.72. The minimum atomic E-state index is 0.559. The van der Waals surface area contributed by atoms with Crippen LogP contribution in [-0.4, -0.2) is 37.9 Å². The van der Waals surface area contributed by atoms with Crippen molar-refractivity contribution < 1.29 is 0 Å². The summed E-state index contributed by atoms with van der Waals surface area (Å²) in [6.07, 6.45) is 12.0. The van der Waals surface area contributed by atoms with Gasteiger partial charge < -0.3 is 5.73 Å². The Hall–Kier alpha value is -2.08. The highest BCUT2D eigenvalue weighted by atomic mass is 15.1. The number of rotatable bonds is 4. The van der Waals surface area contributed by atoms with Crippen molar-refractivity contribution in [3.63, 3.8) is 0 Å². The van der Waals surface area contributed by atoms with Gasteiger partial charge in [-0.15, -0.1) is 0 Å². The van der Waals surface area contributed by atoms with Crippen LogP contribution in [0.25, 0.3) is 0 Å². The Balaban J connectivity index is 1.60. The van der Waals surface area contributed by atoms with Crippen LogP contribution in [-0.2, 0) is 13.0 Å². The summed E-state index contributed by atoms with van der Waals surface area (Å²) in [6.45, 7) is 3.02. The Labute approximate surface area is 124 Å². The van der Waals surface area contributed by atoms with Crippen molar-refractivity contribution in [3.8, 4) is 0 Å². The van der Waals surface area contributed by atoms with Crippen LogP contribution >= 0.6 is 0 Å². The second-order valence-corrected chi connectivity index (χ2v) is 5.53. The molecule has 1 fully saturated rings. The predicted octanol–water partition coefficient (Wildman–Crippen LogP) is 1.30. The molecule has 1 atom stereocenters. The number of nitrogen functional groups attached to an aromatic ring is 1. The molecule has 2 N–H and O–H groups in total. The smallest absolute Gasteiger partial charge is 0.145 e. The largest absolute Gasteiger partial charge is 0.382 e. The number of anilines is 1. The van der Waals surface area contributed by atoms with E-state index in [0.717, 1.165) is 37.4 Å². The van der Waals surface area contributed by atoms with Crippen LogP contribution in [0.15, 0.2) is 31.0 Å². The minimum absolute atomic E-state index is 0.559.